The van der Waals surface area contributed by atoms with Crippen LogP contribution in [0.2, 0.25) is 0 Å². The van der Waals surface area contributed by atoms with Gasteiger partial charge in [0.1, 0.15) is 23.2 Å². The Morgan fingerprint density at radius 3 is 2.53 bits per heavy atom. The van der Waals surface area contributed by atoms with Crippen molar-refractivity contribution < 1.29 is 0 Å². The largest absolute Gasteiger partial charge is 0.382 e. The van der Waals surface area contributed by atoms with Gasteiger partial charge >= 0.3 is 0 Å². The van der Waals surface area contributed by atoms with Gasteiger partial charge in [0.2, 0.25) is 0 Å². The highest BCUT2D eigenvalue weighted by molar-refractivity contribution is 5.82. The van der Waals surface area contributed by atoms with Crippen LogP contribution in [-0.4, -0.2) is 19.9 Å². The van der Waals surface area contributed by atoms with Crippen molar-refractivity contribution in [2.75, 3.05) is 5.73 Å². The third kappa shape index (κ3) is 1.72. The van der Waals surface area contributed by atoms with Gasteiger partial charge in [0.05, 0.1) is 6.20 Å². The van der Waals surface area contributed by atoms with Crippen LogP contribution in [0.3, 0.4) is 0 Å². The van der Waals surface area contributed by atoms with Crippen molar-refractivity contribution in [3.63, 3.8) is 0 Å². The Morgan fingerprint density at radius 1 is 1.13 bits per heavy atom. The summed E-state index contributed by atoms with van der Waals surface area (Å²) in [6.07, 6.45) is 3.10. The highest BCUT2D eigenvalue weighted by Gasteiger charge is 2.18. The Bertz CT molecular complexity index is 501. The lowest BCUT2D eigenvalue weighted by molar-refractivity contribution is 0.548. The highest BCUT2D eigenvalue weighted by atomic mass is 15.0. The zero-order valence-electron chi connectivity index (χ0n) is 9.02. The molecule has 0 amide bonds. The van der Waals surface area contributed by atoms with E-state index in [9.17, 15) is 0 Å². The molecule has 0 aliphatic heterocycles. The van der Waals surface area contributed by atoms with E-state index >= 15 is 0 Å². The maximum absolute atomic E-state index is 5.73. The first-order valence-electron chi connectivity index (χ1n) is 4.72. The van der Waals surface area contributed by atoms with Crippen molar-refractivity contribution in [1.29, 1.82) is 0 Å². The zero-order chi connectivity index (χ0) is 11.1. The molecule has 0 atom stereocenters. The van der Waals surface area contributed by atoms with Crippen LogP contribution in [0.5, 0.6) is 0 Å². The number of rotatable bonds is 0. The molecule has 0 radical (unpaired) electrons. The second kappa shape index (κ2) is 3.12. The smallest absolute Gasteiger partial charge is 0.153 e. The Balaban J connectivity index is 2.70. The van der Waals surface area contributed by atoms with E-state index in [1.807, 2.05) is 20.8 Å². The van der Waals surface area contributed by atoms with Crippen molar-refractivity contribution >= 4 is 16.9 Å². The first kappa shape index (κ1) is 9.76. The Hall–Kier alpha value is -1.78. The molecule has 5 heteroatoms. The summed E-state index contributed by atoms with van der Waals surface area (Å²) in [5.41, 5.74) is 6.93. The molecule has 15 heavy (non-hydrogen) atoms. The van der Waals surface area contributed by atoms with Gasteiger partial charge in [-0.2, -0.15) is 0 Å². The summed E-state index contributed by atoms with van der Waals surface area (Å²) in [5.74, 6) is 1.14. The molecule has 5 nitrogen and oxygen atoms in total. The Kier molecular flexibility index (Phi) is 2.03. The van der Waals surface area contributed by atoms with E-state index in [4.69, 9.17) is 5.73 Å². The van der Waals surface area contributed by atoms with Crippen LogP contribution in [0.4, 0.5) is 5.82 Å². The SMILES string of the molecule is CC(C)(C)c1ncc2ncnc(N)c2n1. The number of nitrogens with zero attached hydrogens (tertiary/aromatic N) is 4. The van der Waals surface area contributed by atoms with Crippen molar-refractivity contribution in [1.82, 2.24) is 19.9 Å². The second-order valence-electron chi connectivity index (χ2n) is 4.44. The van der Waals surface area contributed by atoms with Gasteiger partial charge in [-0.3, -0.25) is 0 Å². The lowest BCUT2D eigenvalue weighted by Gasteiger charge is -2.16. The fourth-order valence-electron chi connectivity index (χ4n) is 1.23. The molecular formula is C10H13N5. The first-order chi connectivity index (χ1) is 6.98. The summed E-state index contributed by atoms with van der Waals surface area (Å²) in [7, 11) is 0. The van der Waals surface area contributed by atoms with Crippen LogP contribution >= 0.6 is 0 Å². The predicted molar refractivity (Wildman–Crippen MR) is 58.2 cm³/mol. The molecule has 0 aliphatic carbocycles. The van der Waals surface area contributed by atoms with E-state index in [1.165, 1.54) is 6.33 Å². The van der Waals surface area contributed by atoms with Crippen LogP contribution in [-0.2, 0) is 5.41 Å². The van der Waals surface area contributed by atoms with E-state index in [-0.39, 0.29) is 5.41 Å². The van der Waals surface area contributed by atoms with Gasteiger partial charge in [-0.15, -0.1) is 0 Å². The number of hydrogen-bond donors (Lipinski definition) is 1. The number of fused-ring (bicyclic) bond motifs is 1. The van der Waals surface area contributed by atoms with E-state index < -0.39 is 0 Å². The van der Waals surface area contributed by atoms with Gasteiger partial charge in [-0.05, 0) is 0 Å². The van der Waals surface area contributed by atoms with Gasteiger partial charge < -0.3 is 5.73 Å². The van der Waals surface area contributed by atoms with Crippen LogP contribution in [0.15, 0.2) is 12.5 Å². The number of aromatic nitrogens is 4. The molecule has 2 N–H and O–H groups in total. The molecule has 0 bridgehead atoms. The number of nitrogens with two attached hydrogens (primary N) is 1. The molecular weight excluding hydrogens is 190 g/mol. The zero-order valence-corrected chi connectivity index (χ0v) is 9.02. The summed E-state index contributed by atoms with van der Waals surface area (Å²) in [5, 5.41) is 0. The molecule has 2 heterocycles. The summed E-state index contributed by atoms with van der Waals surface area (Å²) >= 11 is 0. The topological polar surface area (TPSA) is 77.6 Å². The summed E-state index contributed by atoms with van der Waals surface area (Å²) in [6, 6.07) is 0. The molecule has 0 unspecified atom stereocenters. The van der Waals surface area contributed by atoms with E-state index in [0.29, 0.717) is 16.9 Å². The molecule has 0 aliphatic rings. The van der Waals surface area contributed by atoms with E-state index in [0.717, 1.165) is 5.82 Å². The summed E-state index contributed by atoms with van der Waals surface area (Å²) in [6.45, 7) is 6.15. The minimum atomic E-state index is -0.101. The maximum Gasteiger partial charge on any atom is 0.153 e. The van der Waals surface area contributed by atoms with Crippen molar-refractivity contribution in [3.05, 3.63) is 18.3 Å². The second-order valence-corrected chi connectivity index (χ2v) is 4.44. The third-order valence-electron chi connectivity index (χ3n) is 2.08. The molecule has 0 fully saturated rings. The average Bonchev–Trinajstić information content (AvgIpc) is 2.16. The van der Waals surface area contributed by atoms with Crippen LogP contribution < -0.4 is 5.73 Å². The molecule has 0 spiro atoms. The van der Waals surface area contributed by atoms with Crippen LogP contribution in [0.1, 0.15) is 26.6 Å². The van der Waals surface area contributed by atoms with Crippen molar-refractivity contribution in [2.24, 2.45) is 0 Å². The monoisotopic (exact) mass is 203 g/mol. The fraction of sp³-hybridized carbons (Fsp3) is 0.400. The summed E-state index contributed by atoms with van der Waals surface area (Å²) in [4.78, 5) is 16.6. The molecule has 0 saturated carbocycles. The Labute approximate surface area is 87.8 Å². The van der Waals surface area contributed by atoms with Gasteiger partial charge in [0.25, 0.3) is 0 Å². The van der Waals surface area contributed by atoms with Crippen LogP contribution in [0, 0.1) is 0 Å². The lowest BCUT2D eigenvalue weighted by Crippen LogP contribution is -2.16. The van der Waals surface area contributed by atoms with Crippen molar-refractivity contribution in [2.45, 2.75) is 26.2 Å². The molecule has 2 aromatic heterocycles. The fourth-order valence-corrected chi connectivity index (χ4v) is 1.23. The average molecular weight is 203 g/mol. The molecule has 78 valence electrons. The number of anilines is 1. The Morgan fingerprint density at radius 2 is 1.87 bits per heavy atom. The van der Waals surface area contributed by atoms with E-state index in [1.54, 1.807) is 6.20 Å². The normalized spacial score (nSPS) is 11.9. The van der Waals surface area contributed by atoms with Crippen molar-refractivity contribution in [3.8, 4) is 0 Å². The standard InChI is InChI=1S/C10H13N5/c1-10(2,3)9-12-4-6-7(15-9)8(11)14-5-13-6/h4-5H,1-3H3,(H2,11,13,14). The number of nitrogen functional groups attached to an aromatic ring is 1. The van der Waals surface area contributed by atoms with E-state index in [2.05, 4.69) is 19.9 Å². The van der Waals surface area contributed by atoms with Gasteiger partial charge in [0, 0.05) is 5.41 Å². The van der Waals surface area contributed by atoms with Gasteiger partial charge in [0.15, 0.2) is 5.82 Å². The van der Waals surface area contributed by atoms with Gasteiger partial charge in [-0.25, -0.2) is 19.9 Å². The van der Waals surface area contributed by atoms with Crippen LogP contribution in [0.25, 0.3) is 11.0 Å². The molecule has 0 aromatic carbocycles. The molecule has 2 aromatic rings. The minimum absolute atomic E-state index is 0.101. The van der Waals surface area contributed by atoms with Gasteiger partial charge in [-0.1, -0.05) is 20.8 Å². The summed E-state index contributed by atoms with van der Waals surface area (Å²) < 4.78 is 0. The third-order valence-corrected chi connectivity index (χ3v) is 2.08. The molecule has 2 rings (SSSR count). The molecule has 0 saturated heterocycles. The number of hydrogen-bond acceptors (Lipinski definition) is 5. The predicted octanol–water partition coefficient (Wildman–Crippen LogP) is 1.30. The first-order valence-corrected chi connectivity index (χ1v) is 4.72. The maximum atomic E-state index is 5.73. The minimum Gasteiger partial charge on any atom is -0.382 e. The highest BCUT2D eigenvalue weighted by Crippen LogP contribution is 2.21. The quantitative estimate of drug-likeness (QED) is 0.698. The lowest BCUT2D eigenvalue weighted by atomic mass is 9.96.